The van der Waals surface area contributed by atoms with E-state index >= 15 is 0 Å². The van der Waals surface area contributed by atoms with E-state index in [1.54, 1.807) is 31.7 Å². The molecule has 0 bridgehead atoms. The molecule has 0 unspecified atom stereocenters. The molecule has 0 saturated carbocycles. The Morgan fingerprint density at radius 1 is 0.481 bits per heavy atom. The van der Waals surface area contributed by atoms with E-state index in [4.69, 9.17) is 35.2 Å². The number of carboxylic acid groups (broad SMARTS) is 5. The summed E-state index contributed by atoms with van der Waals surface area (Å²) in [6.45, 7) is 6.13. The molecule has 2 aliphatic rings. The maximum absolute atomic E-state index is 13.7. The molecule has 16 N–H and O–H groups in total. The summed E-state index contributed by atoms with van der Waals surface area (Å²) in [6, 6.07) is 8.12. The van der Waals surface area contributed by atoms with Gasteiger partial charge >= 0.3 is 47.9 Å². The quantitative estimate of drug-likeness (QED) is 0.0139. The van der Waals surface area contributed by atoms with Gasteiger partial charge in [0.25, 0.3) is 22.9 Å². The number of alkyl halides is 3. The number of Topliss-reactive ketones (excluding diaryl/α,β-unsaturated/α-hetero) is 2. The molecule has 4 aromatic heterocycles. The summed E-state index contributed by atoms with van der Waals surface area (Å²) < 4.78 is 67.8. The molecular weight excluding hydrogens is 1710 g/mol. The van der Waals surface area contributed by atoms with Gasteiger partial charge in [-0.3, -0.25) is 107 Å². The standard InChI is InChI=1S/C41H54F3N11O13.C38H53N11O12/c1-66-38(64)30(49-36(62)26-4-6-28(7-5-26)55(39(65)41(42,43)44)22-27-21-47-35-34(48-27)37(63)51-40(45)50-35)9-8-29(56)3-2-17-67-19-20-68-18-10-46-31(57)23-52-11-13-53(24-32(58)59)15-16-54(14-12-52)25-33(60)61;39-38-45-34-33(36(57)46-38)43-27(21-42-34)20-41-26-5-3-25(4-6-26)35(56)44-29(37(58)59)8-7-28(50)2-1-16-60-18-19-61-17-9-40-30(51)22-47-10-12-48(23-31(52)53)14-15-49(13-11-47)24-32(54)55/h4-7,21,30H,2-3,8-20,22-25H2,1H3,(H,46,57)(H,49,62)(H,58,59)(H,60,61)(H3,45,47,50,51,63);3-6,21,29,41H,1-2,7-20,22-24H2,(H,40,51)(H,44,56)(H,52,53)(H,54,55)(H,58,59)(H3,39,42,45,46,57)/t30-;29-/m00/s1. The van der Waals surface area contributed by atoms with E-state index in [1.807, 2.05) is 9.80 Å². The Morgan fingerprint density at radius 3 is 1.23 bits per heavy atom. The van der Waals surface area contributed by atoms with Crippen molar-refractivity contribution in [1.82, 2.24) is 90.5 Å². The summed E-state index contributed by atoms with van der Waals surface area (Å²) in [4.78, 5) is 222. The minimum absolute atomic E-state index is 0.0366. The number of nitrogens with zero attached hydrogens (tertiary/aromatic N) is 13. The molecule has 8 rings (SSSR count). The van der Waals surface area contributed by atoms with Crippen molar-refractivity contribution >= 4 is 123 Å². The van der Waals surface area contributed by atoms with Crippen LogP contribution in [0.1, 0.15) is 83.5 Å². The lowest BCUT2D eigenvalue weighted by Gasteiger charge is -2.24. The van der Waals surface area contributed by atoms with E-state index < -0.39 is 89.5 Å². The third-order valence-corrected chi connectivity index (χ3v) is 19.6. The first-order valence-electron chi connectivity index (χ1n) is 40.9. The van der Waals surface area contributed by atoms with E-state index in [-0.39, 0.29) is 230 Å². The highest BCUT2D eigenvalue weighted by atomic mass is 19.4. The number of carbonyl (C=O) groups excluding carboxylic acids is 8. The van der Waals surface area contributed by atoms with Crippen molar-refractivity contribution in [2.75, 3.05) is 213 Å². The molecule has 0 spiro atoms. The number of nitrogens with two attached hydrogens (primary N) is 2. The third kappa shape index (κ3) is 38.3. The van der Waals surface area contributed by atoms with Gasteiger partial charge in [0.15, 0.2) is 22.3 Å². The normalized spacial score (nSPS) is 14.6. The van der Waals surface area contributed by atoms with Gasteiger partial charge < -0.3 is 87.3 Å². The van der Waals surface area contributed by atoms with Crippen LogP contribution < -0.4 is 54.1 Å². The minimum atomic E-state index is -5.32. The first kappa shape index (κ1) is 103. The van der Waals surface area contributed by atoms with Crippen molar-refractivity contribution in [3.8, 4) is 0 Å². The molecule has 6 heterocycles. The van der Waals surface area contributed by atoms with Crippen LogP contribution in [0, 0.1) is 0 Å². The van der Waals surface area contributed by atoms with E-state index in [1.165, 1.54) is 18.3 Å². The predicted molar refractivity (Wildman–Crippen MR) is 450 cm³/mol. The third-order valence-electron chi connectivity index (χ3n) is 19.6. The average Bonchev–Trinajstić information content (AvgIpc) is 0.992. The van der Waals surface area contributed by atoms with Crippen LogP contribution >= 0.6 is 0 Å². The van der Waals surface area contributed by atoms with Gasteiger partial charge in [-0.1, -0.05) is 0 Å². The van der Waals surface area contributed by atoms with Crippen molar-refractivity contribution < 1.29 is 125 Å². The van der Waals surface area contributed by atoms with Gasteiger partial charge in [0.05, 0.1) is 123 Å². The fraction of sp³-hybridized carbons (Fsp3) is 0.532. The van der Waals surface area contributed by atoms with E-state index in [0.29, 0.717) is 108 Å². The molecule has 2 aliphatic heterocycles. The topological polar surface area (TPSA) is 647 Å². The van der Waals surface area contributed by atoms with Crippen LogP contribution in [-0.2, 0) is 89.5 Å². The number of amides is 5. The van der Waals surface area contributed by atoms with Crippen molar-refractivity contribution in [1.29, 1.82) is 0 Å². The molecule has 6 aromatic rings. The number of carbonyl (C=O) groups is 13. The van der Waals surface area contributed by atoms with Crippen molar-refractivity contribution in [2.45, 2.75) is 82.7 Å². The van der Waals surface area contributed by atoms with Crippen LogP contribution in [0.3, 0.4) is 0 Å². The van der Waals surface area contributed by atoms with Crippen molar-refractivity contribution in [2.24, 2.45) is 0 Å². The minimum Gasteiger partial charge on any atom is -0.480 e. The number of ether oxygens (including phenoxy) is 5. The van der Waals surface area contributed by atoms with Gasteiger partial charge in [-0.25, -0.2) is 29.5 Å². The van der Waals surface area contributed by atoms with Crippen molar-refractivity contribution in [3.05, 3.63) is 104 Å². The number of nitrogens with one attached hydrogen (secondary N) is 7. The molecule has 704 valence electrons. The highest BCUT2D eigenvalue weighted by molar-refractivity contribution is 6.00. The number of aliphatic carboxylic acids is 5. The summed E-state index contributed by atoms with van der Waals surface area (Å²) in [5.74, 6) is -11.0. The second-order valence-corrected chi connectivity index (χ2v) is 29.5. The number of nitrogen functional groups attached to an aromatic ring is 2. The van der Waals surface area contributed by atoms with Crippen LogP contribution in [-0.4, -0.2) is 381 Å². The number of carboxylic acids is 5. The molecule has 47 nitrogen and oxygen atoms in total. The fourth-order valence-corrected chi connectivity index (χ4v) is 12.9. The molecule has 50 heteroatoms. The number of aromatic amines is 2. The SMILES string of the molecule is COC(=O)[C@H](CCC(=O)CCCOCCOCCNC(=O)CN1CCN(CC(=O)O)CCN(CC(=O)O)CC1)NC(=O)c1ccc(N(Cc2cnc3nc(N)[nH]c(=O)c3n2)C(=O)C(F)(F)F)cc1.Nc1nc2ncc(CNc3ccc(C(=O)N[C@@H](CCC(=O)CCCOCCOCCNC(=O)CN4CCN(CC(=O)O)CCN(CC(=O)O)CC4)C(=O)O)cc3)nc2c(=O)[nH]1. The van der Waals surface area contributed by atoms with Crippen LogP contribution in [0.2, 0.25) is 0 Å². The molecule has 2 saturated heterocycles. The number of hydrogen-bond donors (Lipinski definition) is 14. The maximum atomic E-state index is 13.7. The van der Waals surface area contributed by atoms with Gasteiger partial charge in [-0.15, -0.1) is 0 Å². The fourth-order valence-electron chi connectivity index (χ4n) is 12.9. The Hall–Kier alpha value is -12.8. The van der Waals surface area contributed by atoms with Gasteiger partial charge in [0, 0.05) is 153 Å². The number of aromatic nitrogens is 8. The largest absolute Gasteiger partial charge is 0.480 e. The van der Waals surface area contributed by atoms with Gasteiger partial charge in [0.2, 0.25) is 23.7 Å². The summed E-state index contributed by atoms with van der Waals surface area (Å²) in [5, 5.41) is 60.1. The summed E-state index contributed by atoms with van der Waals surface area (Å²) in [7, 11) is 1.09. The van der Waals surface area contributed by atoms with E-state index in [9.17, 15) is 111 Å². The van der Waals surface area contributed by atoms with Crippen LogP contribution in [0.4, 0.5) is 36.4 Å². The lowest BCUT2D eigenvalue weighted by molar-refractivity contribution is -0.170. The lowest BCUT2D eigenvalue weighted by Crippen LogP contribution is -2.43. The Morgan fingerprint density at radius 2 is 0.845 bits per heavy atom. The highest BCUT2D eigenvalue weighted by Crippen LogP contribution is 2.27. The predicted octanol–water partition coefficient (Wildman–Crippen LogP) is -2.51. The number of H-pyrrole nitrogens is 2. The summed E-state index contributed by atoms with van der Waals surface area (Å²) in [5.41, 5.74) is 10.1. The number of fused-ring (bicyclic) bond motifs is 2. The van der Waals surface area contributed by atoms with Gasteiger partial charge in [0.1, 0.15) is 23.7 Å². The van der Waals surface area contributed by atoms with Gasteiger partial charge in [-0.05, 0) is 74.2 Å². The second-order valence-electron chi connectivity index (χ2n) is 29.5. The zero-order valence-corrected chi connectivity index (χ0v) is 70.8. The Kier molecular flexibility index (Phi) is 43.0. The van der Waals surface area contributed by atoms with Crippen LogP contribution in [0.25, 0.3) is 22.3 Å². The molecule has 5 amide bonds. The number of rotatable bonds is 50. The second kappa shape index (κ2) is 53.7. The molecule has 2 atom stereocenters. The number of methoxy groups -OCH3 is 1. The molecule has 2 fully saturated rings. The highest BCUT2D eigenvalue weighted by Gasteiger charge is 2.43. The number of benzene rings is 2. The van der Waals surface area contributed by atoms with E-state index in [2.05, 4.69) is 66.5 Å². The molecule has 0 radical (unpaired) electrons. The number of anilines is 4. The first-order valence-corrected chi connectivity index (χ1v) is 40.9. The monoisotopic (exact) mass is 1820 g/mol. The number of halogens is 3. The van der Waals surface area contributed by atoms with Crippen molar-refractivity contribution in [3.63, 3.8) is 0 Å². The van der Waals surface area contributed by atoms with E-state index in [0.717, 1.165) is 37.6 Å². The van der Waals surface area contributed by atoms with Gasteiger partial charge in [-0.2, -0.15) is 23.1 Å². The molecule has 0 aliphatic carbocycles. The summed E-state index contributed by atoms with van der Waals surface area (Å²) >= 11 is 0. The number of ketones is 2. The Bertz CT molecular complexity index is 4850. The molecule has 2 aromatic carbocycles. The smallest absolute Gasteiger partial charge is 0.471 e. The van der Waals surface area contributed by atoms with Crippen LogP contribution in [0.5, 0.6) is 0 Å². The first-order chi connectivity index (χ1) is 61.6. The maximum Gasteiger partial charge on any atom is 0.471 e. The average molecular weight is 1820 g/mol. The lowest BCUT2D eigenvalue weighted by atomic mass is 10.1. The zero-order chi connectivity index (χ0) is 94.0. The molecular formula is C79H107F3N22O25. The zero-order valence-electron chi connectivity index (χ0n) is 70.8. The number of hydrogen-bond acceptors (Lipinski definition) is 35. The molecule has 129 heavy (non-hydrogen) atoms. The summed E-state index contributed by atoms with van der Waals surface area (Å²) in [6.07, 6.45) is -2.18. The Labute approximate surface area is 734 Å². The number of esters is 1. The Balaban J connectivity index is 0.000000355. The van der Waals surface area contributed by atoms with Crippen LogP contribution in [0.15, 0.2) is 70.5 Å².